The van der Waals surface area contributed by atoms with Gasteiger partial charge in [-0.2, -0.15) is 0 Å². The molecule has 0 unspecified atom stereocenters. The Kier molecular flexibility index (Phi) is 4.90. The normalized spacial score (nSPS) is 10.8. The minimum atomic E-state index is -1.63. The van der Waals surface area contributed by atoms with Gasteiger partial charge in [-0.15, -0.1) is 0 Å². The maximum absolute atomic E-state index is 13.6. The summed E-state index contributed by atoms with van der Waals surface area (Å²) in [6.07, 6.45) is 0. The predicted molar refractivity (Wildman–Crippen MR) is 89.6 cm³/mol. The monoisotopic (exact) mass is 380 g/mol. The van der Waals surface area contributed by atoms with Crippen molar-refractivity contribution >= 4 is 38.6 Å². The van der Waals surface area contributed by atoms with Crippen LogP contribution in [0.3, 0.4) is 0 Å². The smallest absolute Gasteiger partial charge is 0.338 e. The van der Waals surface area contributed by atoms with E-state index in [1.807, 2.05) is 0 Å². The lowest BCUT2D eigenvalue weighted by molar-refractivity contribution is -0.119. The summed E-state index contributed by atoms with van der Waals surface area (Å²) in [6, 6.07) is 7.51. The van der Waals surface area contributed by atoms with E-state index in [1.165, 1.54) is 0 Å². The van der Waals surface area contributed by atoms with Gasteiger partial charge in [-0.1, -0.05) is 29.5 Å². The van der Waals surface area contributed by atoms with E-state index in [9.17, 15) is 22.8 Å². The lowest BCUT2D eigenvalue weighted by atomic mass is 10.1. The number of anilines is 1. The lowest BCUT2D eigenvalue weighted by Crippen LogP contribution is -2.21. The lowest BCUT2D eigenvalue weighted by Gasteiger charge is -2.06. The van der Waals surface area contributed by atoms with Crippen molar-refractivity contribution in [3.05, 3.63) is 58.9 Å². The molecular formula is C17H11F3N2O3S. The molecule has 0 atom stereocenters. The number of esters is 1. The fourth-order valence-corrected chi connectivity index (χ4v) is 3.10. The summed E-state index contributed by atoms with van der Waals surface area (Å²) >= 11 is 0.766. The highest BCUT2D eigenvalue weighted by Gasteiger charge is 2.19. The van der Waals surface area contributed by atoms with Gasteiger partial charge in [0.05, 0.1) is 10.3 Å². The molecule has 2 aromatic carbocycles. The molecule has 1 amide bonds. The van der Waals surface area contributed by atoms with Crippen molar-refractivity contribution < 1.29 is 27.5 Å². The van der Waals surface area contributed by atoms with Gasteiger partial charge in [0.25, 0.3) is 5.91 Å². The zero-order valence-electron chi connectivity index (χ0n) is 13.3. The summed E-state index contributed by atoms with van der Waals surface area (Å²) in [7, 11) is 0. The first-order valence-corrected chi connectivity index (χ1v) is 8.15. The number of nitrogens with zero attached hydrogens (tertiary/aromatic N) is 1. The number of carbonyl (C=O) groups is 2. The van der Waals surface area contributed by atoms with Gasteiger partial charge in [-0.3, -0.25) is 10.1 Å². The fraction of sp³-hybridized carbons (Fsp3) is 0.118. The number of thiazole rings is 1. The zero-order chi connectivity index (χ0) is 18.8. The minimum absolute atomic E-state index is 0.0357. The number of nitrogens with one attached hydrogen (secondary N) is 1. The molecular weight excluding hydrogens is 369 g/mol. The van der Waals surface area contributed by atoms with Crippen molar-refractivity contribution in [3.8, 4) is 0 Å². The van der Waals surface area contributed by atoms with Gasteiger partial charge >= 0.3 is 5.97 Å². The molecule has 3 rings (SSSR count). The molecule has 0 aliphatic heterocycles. The number of benzene rings is 2. The number of hydrogen-bond acceptors (Lipinski definition) is 5. The number of amides is 1. The molecule has 0 radical (unpaired) electrons. The van der Waals surface area contributed by atoms with Gasteiger partial charge in [0, 0.05) is 0 Å². The Morgan fingerprint density at radius 1 is 1.19 bits per heavy atom. The molecule has 134 valence electrons. The SMILES string of the molecule is Cc1ccccc1C(=O)OCC(=O)Nc1nc2c(F)c(F)c(F)cc2s1. The van der Waals surface area contributed by atoms with Crippen LogP contribution in [0.1, 0.15) is 15.9 Å². The van der Waals surface area contributed by atoms with Crippen molar-refractivity contribution in [2.75, 3.05) is 11.9 Å². The number of ether oxygens (including phenoxy) is 1. The maximum atomic E-state index is 13.6. The van der Waals surface area contributed by atoms with E-state index in [-0.39, 0.29) is 15.3 Å². The molecule has 1 aromatic heterocycles. The van der Waals surface area contributed by atoms with Crippen molar-refractivity contribution in [1.29, 1.82) is 0 Å². The second-order valence-corrected chi connectivity index (χ2v) is 6.32. The first-order chi connectivity index (χ1) is 12.4. The number of halogens is 3. The van der Waals surface area contributed by atoms with Crippen LogP contribution in [0.25, 0.3) is 10.2 Å². The molecule has 1 heterocycles. The quantitative estimate of drug-likeness (QED) is 0.552. The summed E-state index contributed by atoms with van der Waals surface area (Å²) in [4.78, 5) is 27.5. The van der Waals surface area contributed by atoms with E-state index >= 15 is 0 Å². The van der Waals surface area contributed by atoms with Gasteiger partial charge in [0.2, 0.25) is 0 Å². The molecule has 0 fully saturated rings. The molecule has 3 aromatic rings. The summed E-state index contributed by atoms with van der Waals surface area (Å²) in [5.41, 5.74) is 0.637. The number of aryl methyl sites for hydroxylation is 1. The van der Waals surface area contributed by atoms with Crippen LogP contribution in [0.4, 0.5) is 18.3 Å². The number of aromatic nitrogens is 1. The Hall–Kier alpha value is -2.94. The third-order valence-corrected chi connectivity index (χ3v) is 4.38. The fourth-order valence-electron chi connectivity index (χ4n) is 2.19. The van der Waals surface area contributed by atoms with Crippen LogP contribution < -0.4 is 5.32 Å². The molecule has 0 saturated carbocycles. The van der Waals surface area contributed by atoms with Crippen LogP contribution in [0.5, 0.6) is 0 Å². The van der Waals surface area contributed by atoms with Crippen LogP contribution >= 0.6 is 11.3 Å². The summed E-state index contributed by atoms with van der Waals surface area (Å²) < 4.78 is 45.0. The van der Waals surface area contributed by atoms with E-state index in [1.54, 1.807) is 31.2 Å². The standard InChI is InChI=1S/C17H11F3N2O3S/c1-8-4-2-3-5-9(8)16(24)25-7-12(23)21-17-22-15-11(26-17)6-10(18)13(19)14(15)20/h2-6H,7H2,1H3,(H,21,22,23). The highest BCUT2D eigenvalue weighted by molar-refractivity contribution is 7.22. The van der Waals surface area contributed by atoms with E-state index in [0.717, 1.165) is 17.4 Å². The van der Waals surface area contributed by atoms with Gasteiger partial charge in [0.1, 0.15) is 5.52 Å². The summed E-state index contributed by atoms with van der Waals surface area (Å²) in [6.45, 7) is 1.14. The Bertz CT molecular complexity index is 1020. The van der Waals surface area contributed by atoms with Gasteiger partial charge in [-0.25, -0.2) is 22.9 Å². The van der Waals surface area contributed by atoms with Crippen LogP contribution in [-0.4, -0.2) is 23.5 Å². The van der Waals surface area contributed by atoms with Crippen LogP contribution in [0, 0.1) is 24.4 Å². The number of hydrogen-bond donors (Lipinski definition) is 1. The highest BCUT2D eigenvalue weighted by Crippen LogP contribution is 2.30. The molecule has 5 nitrogen and oxygen atoms in total. The van der Waals surface area contributed by atoms with Gasteiger partial charge in [0.15, 0.2) is 29.2 Å². The minimum Gasteiger partial charge on any atom is -0.452 e. The Morgan fingerprint density at radius 3 is 2.65 bits per heavy atom. The molecule has 1 N–H and O–H groups in total. The second kappa shape index (κ2) is 7.12. The van der Waals surface area contributed by atoms with Crippen LogP contribution in [0.2, 0.25) is 0 Å². The third-order valence-electron chi connectivity index (χ3n) is 3.47. The zero-order valence-corrected chi connectivity index (χ0v) is 14.1. The number of carbonyl (C=O) groups excluding carboxylic acids is 2. The Morgan fingerprint density at radius 2 is 1.92 bits per heavy atom. The molecule has 0 aliphatic rings. The average Bonchev–Trinajstić information content (AvgIpc) is 3.00. The van der Waals surface area contributed by atoms with E-state index < -0.39 is 35.9 Å². The van der Waals surface area contributed by atoms with Crippen molar-refractivity contribution in [3.63, 3.8) is 0 Å². The molecule has 0 aliphatic carbocycles. The first-order valence-electron chi connectivity index (χ1n) is 7.33. The predicted octanol–water partition coefficient (Wildman–Crippen LogP) is 3.82. The van der Waals surface area contributed by atoms with Gasteiger partial charge in [-0.05, 0) is 24.6 Å². The Labute approximate surface area is 149 Å². The van der Waals surface area contributed by atoms with Crippen LogP contribution in [0.15, 0.2) is 30.3 Å². The van der Waals surface area contributed by atoms with E-state index in [0.29, 0.717) is 11.1 Å². The molecule has 26 heavy (non-hydrogen) atoms. The van der Waals surface area contributed by atoms with Crippen LogP contribution in [-0.2, 0) is 9.53 Å². The molecule has 0 saturated heterocycles. The van der Waals surface area contributed by atoms with Crippen molar-refractivity contribution in [2.45, 2.75) is 6.92 Å². The number of fused-ring (bicyclic) bond motifs is 1. The summed E-state index contributed by atoms with van der Waals surface area (Å²) in [5.74, 6) is -5.79. The number of rotatable bonds is 4. The van der Waals surface area contributed by atoms with Crippen molar-refractivity contribution in [1.82, 2.24) is 4.98 Å². The van der Waals surface area contributed by atoms with Gasteiger partial charge < -0.3 is 4.74 Å². The topological polar surface area (TPSA) is 68.3 Å². The van der Waals surface area contributed by atoms with E-state index in [2.05, 4.69) is 10.3 Å². The summed E-state index contributed by atoms with van der Waals surface area (Å²) in [5, 5.41) is 2.23. The largest absolute Gasteiger partial charge is 0.452 e. The highest BCUT2D eigenvalue weighted by atomic mass is 32.1. The second-order valence-electron chi connectivity index (χ2n) is 5.29. The molecule has 9 heteroatoms. The molecule has 0 spiro atoms. The van der Waals surface area contributed by atoms with E-state index in [4.69, 9.17) is 4.74 Å². The third kappa shape index (κ3) is 3.52. The first kappa shape index (κ1) is 17.9. The Balaban J connectivity index is 1.67. The average molecular weight is 380 g/mol. The maximum Gasteiger partial charge on any atom is 0.338 e. The molecule has 0 bridgehead atoms. The van der Waals surface area contributed by atoms with Crippen molar-refractivity contribution in [2.24, 2.45) is 0 Å².